The second-order valence-electron chi connectivity index (χ2n) is 5.89. The van der Waals surface area contributed by atoms with Crippen molar-refractivity contribution in [3.8, 4) is 0 Å². The van der Waals surface area contributed by atoms with Crippen LogP contribution in [0.5, 0.6) is 0 Å². The molecule has 1 atom stereocenters. The highest BCUT2D eigenvalue weighted by Gasteiger charge is 2.07. The van der Waals surface area contributed by atoms with Gasteiger partial charge in [0.05, 0.1) is 4.47 Å². The molecule has 0 aliphatic rings. The number of halogens is 2. The molecule has 1 aromatic carbocycles. The Morgan fingerprint density at radius 2 is 2.04 bits per heavy atom. The van der Waals surface area contributed by atoms with Crippen molar-refractivity contribution in [1.82, 2.24) is 15.5 Å². The Morgan fingerprint density at radius 3 is 2.62 bits per heavy atom. The third kappa shape index (κ3) is 7.62. The fourth-order valence-electron chi connectivity index (χ4n) is 2.50. The molecule has 0 saturated heterocycles. The van der Waals surface area contributed by atoms with Crippen molar-refractivity contribution in [3.05, 3.63) is 34.1 Å². The van der Waals surface area contributed by atoms with Crippen LogP contribution in [0, 0.1) is 5.82 Å². The Bertz CT molecular complexity index is 518. The number of hydrogen-bond acceptors (Lipinski definition) is 2. The van der Waals surface area contributed by atoms with Gasteiger partial charge in [0.15, 0.2) is 5.96 Å². The molecule has 24 heavy (non-hydrogen) atoms. The molecule has 2 N–H and O–H groups in total. The Labute approximate surface area is 154 Å². The molecule has 0 aliphatic heterocycles. The van der Waals surface area contributed by atoms with E-state index in [2.05, 4.69) is 57.2 Å². The first kappa shape index (κ1) is 20.9. The molecular formula is C18H30BrFN4. The summed E-state index contributed by atoms with van der Waals surface area (Å²) in [6.45, 7) is 10.4. The molecule has 6 heteroatoms. The van der Waals surface area contributed by atoms with Gasteiger partial charge in [0.2, 0.25) is 0 Å². The SMILES string of the molecule is CCN(CC)CCCC(C)NC(=NC)NCc1ccc(Br)c(F)c1. The number of aliphatic imine (C=N–C) groups is 1. The van der Waals surface area contributed by atoms with Gasteiger partial charge in [0.25, 0.3) is 0 Å². The summed E-state index contributed by atoms with van der Waals surface area (Å²) in [5.41, 5.74) is 0.882. The standard InChI is InChI=1S/C18H30BrFN4/c1-5-24(6-2)11-7-8-14(3)23-18(21-4)22-13-15-9-10-16(19)17(20)12-15/h9-10,12,14H,5-8,11,13H2,1-4H3,(H2,21,22,23). The van der Waals surface area contributed by atoms with Crippen molar-refractivity contribution in [3.63, 3.8) is 0 Å². The van der Waals surface area contributed by atoms with Crippen LogP contribution in [0.2, 0.25) is 0 Å². The minimum Gasteiger partial charge on any atom is -0.354 e. The lowest BCUT2D eigenvalue weighted by molar-refractivity contribution is 0.292. The van der Waals surface area contributed by atoms with Crippen molar-refractivity contribution in [2.75, 3.05) is 26.7 Å². The molecule has 1 rings (SSSR count). The molecular weight excluding hydrogens is 371 g/mol. The molecule has 0 amide bonds. The van der Waals surface area contributed by atoms with Crippen molar-refractivity contribution in [2.45, 2.75) is 46.2 Å². The van der Waals surface area contributed by atoms with Crippen LogP contribution in [0.4, 0.5) is 4.39 Å². The highest BCUT2D eigenvalue weighted by atomic mass is 79.9. The third-order valence-electron chi connectivity index (χ3n) is 4.06. The predicted molar refractivity (Wildman–Crippen MR) is 104 cm³/mol. The minimum atomic E-state index is -0.248. The maximum absolute atomic E-state index is 13.5. The summed E-state index contributed by atoms with van der Waals surface area (Å²) in [5, 5.41) is 6.62. The summed E-state index contributed by atoms with van der Waals surface area (Å²) in [4.78, 5) is 6.67. The molecule has 136 valence electrons. The largest absolute Gasteiger partial charge is 0.354 e. The Hall–Kier alpha value is -1.14. The first-order valence-corrected chi connectivity index (χ1v) is 9.42. The lowest BCUT2D eigenvalue weighted by Crippen LogP contribution is -2.42. The van der Waals surface area contributed by atoms with E-state index in [-0.39, 0.29) is 5.82 Å². The van der Waals surface area contributed by atoms with E-state index in [1.807, 2.05) is 6.07 Å². The van der Waals surface area contributed by atoms with Crippen LogP contribution < -0.4 is 10.6 Å². The third-order valence-corrected chi connectivity index (χ3v) is 4.70. The van der Waals surface area contributed by atoms with E-state index in [0.717, 1.165) is 44.0 Å². The number of hydrogen-bond donors (Lipinski definition) is 2. The average Bonchev–Trinajstić information content (AvgIpc) is 2.58. The van der Waals surface area contributed by atoms with Gasteiger partial charge in [-0.15, -0.1) is 0 Å². The second-order valence-corrected chi connectivity index (χ2v) is 6.74. The number of nitrogens with one attached hydrogen (secondary N) is 2. The summed E-state index contributed by atoms with van der Waals surface area (Å²) in [5.74, 6) is 0.496. The summed E-state index contributed by atoms with van der Waals surface area (Å²) in [7, 11) is 1.75. The van der Waals surface area contributed by atoms with Crippen LogP contribution in [-0.4, -0.2) is 43.6 Å². The lowest BCUT2D eigenvalue weighted by atomic mass is 10.2. The first-order valence-electron chi connectivity index (χ1n) is 8.63. The van der Waals surface area contributed by atoms with E-state index >= 15 is 0 Å². The fraction of sp³-hybridized carbons (Fsp3) is 0.611. The number of benzene rings is 1. The maximum atomic E-state index is 13.5. The van der Waals surface area contributed by atoms with Crippen molar-refractivity contribution in [2.24, 2.45) is 4.99 Å². The second kappa shape index (κ2) is 11.4. The molecule has 1 aromatic rings. The summed E-state index contributed by atoms with van der Waals surface area (Å²) in [6, 6.07) is 5.48. The van der Waals surface area contributed by atoms with Gasteiger partial charge in [-0.3, -0.25) is 4.99 Å². The summed E-state index contributed by atoms with van der Waals surface area (Å²) < 4.78 is 14.0. The smallest absolute Gasteiger partial charge is 0.191 e. The monoisotopic (exact) mass is 400 g/mol. The fourth-order valence-corrected chi connectivity index (χ4v) is 2.74. The molecule has 0 aromatic heterocycles. The van der Waals surface area contributed by atoms with Crippen LogP contribution in [-0.2, 0) is 6.54 Å². The van der Waals surface area contributed by atoms with Gasteiger partial charge in [-0.2, -0.15) is 0 Å². The minimum absolute atomic E-state index is 0.248. The molecule has 0 spiro atoms. The molecule has 0 saturated carbocycles. The first-order chi connectivity index (χ1) is 11.5. The van der Waals surface area contributed by atoms with Crippen LogP contribution in [0.15, 0.2) is 27.7 Å². The number of guanidine groups is 1. The maximum Gasteiger partial charge on any atom is 0.191 e. The number of rotatable bonds is 9. The lowest BCUT2D eigenvalue weighted by Gasteiger charge is -2.21. The van der Waals surface area contributed by atoms with Crippen LogP contribution >= 0.6 is 15.9 Å². The van der Waals surface area contributed by atoms with E-state index in [4.69, 9.17) is 0 Å². The van der Waals surface area contributed by atoms with Gasteiger partial charge in [-0.05, 0) is 73.0 Å². The summed E-state index contributed by atoms with van der Waals surface area (Å²) in [6.07, 6.45) is 2.24. The molecule has 0 bridgehead atoms. The molecule has 1 unspecified atom stereocenters. The van der Waals surface area contributed by atoms with Gasteiger partial charge in [-0.25, -0.2) is 4.39 Å². The average molecular weight is 401 g/mol. The van der Waals surface area contributed by atoms with Gasteiger partial charge >= 0.3 is 0 Å². The van der Waals surface area contributed by atoms with Gasteiger partial charge < -0.3 is 15.5 Å². The highest BCUT2D eigenvalue weighted by molar-refractivity contribution is 9.10. The van der Waals surface area contributed by atoms with E-state index in [1.54, 1.807) is 13.1 Å². The quantitative estimate of drug-likeness (QED) is 0.489. The summed E-state index contributed by atoms with van der Waals surface area (Å²) >= 11 is 3.17. The zero-order chi connectivity index (χ0) is 17.9. The number of nitrogens with zero attached hydrogens (tertiary/aromatic N) is 2. The van der Waals surface area contributed by atoms with Gasteiger partial charge in [-0.1, -0.05) is 19.9 Å². The molecule has 4 nitrogen and oxygen atoms in total. The zero-order valence-electron chi connectivity index (χ0n) is 15.2. The van der Waals surface area contributed by atoms with E-state index in [9.17, 15) is 4.39 Å². The van der Waals surface area contributed by atoms with E-state index in [1.165, 1.54) is 6.07 Å². The molecule has 0 fully saturated rings. The van der Waals surface area contributed by atoms with Crippen LogP contribution in [0.3, 0.4) is 0 Å². The Morgan fingerprint density at radius 1 is 1.33 bits per heavy atom. The Kier molecular flexibility index (Phi) is 9.95. The van der Waals surface area contributed by atoms with Crippen molar-refractivity contribution >= 4 is 21.9 Å². The Balaban J connectivity index is 2.37. The zero-order valence-corrected chi connectivity index (χ0v) is 16.8. The normalized spacial score (nSPS) is 13.2. The van der Waals surface area contributed by atoms with Gasteiger partial charge in [0, 0.05) is 19.6 Å². The van der Waals surface area contributed by atoms with E-state index in [0.29, 0.717) is 17.1 Å². The topological polar surface area (TPSA) is 39.7 Å². The van der Waals surface area contributed by atoms with Crippen LogP contribution in [0.1, 0.15) is 39.2 Å². The van der Waals surface area contributed by atoms with Crippen LogP contribution in [0.25, 0.3) is 0 Å². The van der Waals surface area contributed by atoms with Gasteiger partial charge in [0.1, 0.15) is 5.82 Å². The predicted octanol–water partition coefficient (Wildman–Crippen LogP) is 3.76. The molecule has 0 aliphatic carbocycles. The van der Waals surface area contributed by atoms with E-state index < -0.39 is 0 Å². The molecule has 0 heterocycles. The molecule has 0 radical (unpaired) electrons. The van der Waals surface area contributed by atoms with Crippen molar-refractivity contribution in [1.29, 1.82) is 0 Å². The van der Waals surface area contributed by atoms with Crippen molar-refractivity contribution < 1.29 is 4.39 Å². The highest BCUT2D eigenvalue weighted by Crippen LogP contribution is 2.16.